The zero-order chi connectivity index (χ0) is 14.2. The third kappa shape index (κ3) is 5.47. The summed E-state index contributed by atoms with van der Waals surface area (Å²) in [5.41, 5.74) is 1.37. The molecule has 1 aliphatic carbocycles. The van der Waals surface area contributed by atoms with E-state index in [2.05, 4.69) is 48.3 Å². The monoisotopic (exact) mass is 293 g/mol. The Hall–Kier alpha value is -0.510. The molecule has 0 heterocycles. The molecule has 0 radical (unpaired) electrons. The van der Waals surface area contributed by atoms with Crippen molar-refractivity contribution < 1.29 is 4.74 Å². The van der Waals surface area contributed by atoms with Crippen molar-refractivity contribution in [3.05, 3.63) is 29.8 Å². The van der Waals surface area contributed by atoms with Gasteiger partial charge in [0, 0.05) is 30.3 Å². The van der Waals surface area contributed by atoms with Gasteiger partial charge in [-0.1, -0.05) is 19.1 Å². The Bertz CT molecular complexity index is 388. The summed E-state index contributed by atoms with van der Waals surface area (Å²) in [6.07, 6.45) is 5.55. The average molecular weight is 293 g/mol. The van der Waals surface area contributed by atoms with Crippen LogP contribution in [0.3, 0.4) is 0 Å². The molecule has 1 fully saturated rings. The number of benzene rings is 1. The van der Waals surface area contributed by atoms with Crippen LogP contribution >= 0.6 is 11.8 Å². The maximum atomic E-state index is 5.05. The Morgan fingerprint density at radius 3 is 2.80 bits per heavy atom. The highest BCUT2D eigenvalue weighted by Gasteiger charge is 2.18. The highest BCUT2D eigenvalue weighted by Crippen LogP contribution is 2.35. The van der Waals surface area contributed by atoms with Crippen LogP contribution in [-0.4, -0.2) is 25.5 Å². The average Bonchev–Trinajstić information content (AvgIpc) is 2.47. The number of hydrogen-bond donors (Lipinski definition) is 1. The maximum Gasteiger partial charge on any atom is 0.0587 e. The molecule has 0 amide bonds. The number of nitrogens with one attached hydrogen (secondary N) is 1. The minimum Gasteiger partial charge on any atom is -0.383 e. The fourth-order valence-electron chi connectivity index (χ4n) is 2.68. The zero-order valence-corrected chi connectivity index (χ0v) is 13.5. The largest absolute Gasteiger partial charge is 0.383 e. The van der Waals surface area contributed by atoms with Gasteiger partial charge in [-0.25, -0.2) is 0 Å². The van der Waals surface area contributed by atoms with E-state index in [1.54, 1.807) is 7.11 Å². The molecule has 1 aliphatic rings. The predicted octanol–water partition coefficient (Wildman–Crippen LogP) is 4.09. The van der Waals surface area contributed by atoms with E-state index in [0.717, 1.165) is 30.9 Å². The van der Waals surface area contributed by atoms with Gasteiger partial charge in [-0.2, -0.15) is 0 Å². The van der Waals surface area contributed by atoms with Crippen LogP contribution in [0.2, 0.25) is 0 Å². The maximum absolute atomic E-state index is 5.05. The summed E-state index contributed by atoms with van der Waals surface area (Å²) >= 11 is 2.07. The van der Waals surface area contributed by atoms with Crippen molar-refractivity contribution >= 4 is 11.8 Å². The lowest BCUT2D eigenvalue weighted by molar-refractivity contribution is 0.199. The van der Waals surface area contributed by atoms with Gasteiger partial charge >= 0.3 is 0 Å². The standard InChI is InChI=1S/C17H27NOS/c1-14-6-8-16(9-7-14)20-17-5-3-4-15(12-17)13-18-10-11-19-2/h3-5,12,14,16,18H,6-11,13H2,1-2H3. The second-order valence-corrected chi connectivity index (χ2v) is 7.19. The molecule has 0 atom stereocenters. The van der Waals surface area contributed by atoms with E-state index in [1.807, 2.05) is 0 Å². The van der Waals surface area contributed by atoms with Crippen LogP contribution in [-0.2, 0) is 11.3 Å². The smallest absolute Gasteiger partial charge is 0.0587 e. The van der Waals surface area contributed by atoms with Gasteiger partial charge in [0.15, 0.2) is 0 Å². The normalized spacial score (nSPS) is 22.9. The van der Waals surface area contributed by atoms with E-state index in [4.69, 9.17) is 4.74 Å². The molecule has 3 heteroatoms. The molecule has 1 aromatic rings. The van der Waals surface area contributed by atoms with E-state index < -0.39 is 0 Å². The fraction of sp³-hybridized carbons (Fsp3) is 0.647. The predicted molar refractivity (Wildman–Crippen MR) is 87.3 cm³/mol. The Kier molecular flexibility index (Phi) is 6.91. The molecule has 0 aliphatic heterocycles. The summed E-state index contributed by atoms with van der Waals surface area (Å²) < 4.78 is 5.05. The lowest BCUT2D eigenvalue weighted by Crippen LogP contribution is -2.18. The Labute approximate surface area is 127 Å². The second kappa shape index (κ2) is 8.71. The van der Waals surface area contributed by atoms with E-state index in [-0.39, 0.29) is 0 Å². The van der Waals surface area contributed by atoms with Crippen molar-refractivity contribution in [1.82, 2.24) is 5.32 Å². The number of thioether (sulfide) groups is 1. The summed E-state index contributed by atoms with van der Waals surface area (Å²) in [4.78, 5) is 1.43. The first-order chi connectivity index (χ1) is 9.78. The van der Waals surface area contributed by atoms with Crippen molar-refractivity contribution in [2.24, 2.45) is 5.92 Å². The number of methoxy groups -OCH3 is 1. The summed E-state index contributed by atoms with van der Waals surface area (Å²) in [6, 6.07) is 8.97. The summed E-state index contributed by atoms with van der Waals surface area (Å²) in [5, 5.41) is 4.23. The van der Waals surface area contributed by atoms with Crippen molar-refractivity contribution in [1.29, 1.82) is 0 Å². The quantitative estimate of drug-likeness (QED) is 0.765. The number of hydrogen-bond acceptors (Lipinski definition) is 3. The molecule has 1 N–H and O–H groups in total. The Balaban J connectivity index is 1.79. The molecule has 0 unspecified atom stereocenters. The highest BCUT2D eigenvalue weighted by atomic mass is 32.2. The lowest BCUT2D eigenvalue weighted by atomic mass is 9.91. The van der Waals surface area contributed by atoms with Gasteiger partial charge in [-0.3, -0.25) is 0 Å². The second-order valence-electron chi connectivity index (χ2n) is 5.82. The van der Waals surface area contributed by atoms with Gasteiger partial charge in [0.05, 0.1) is 6.61 Å². The Morgan fingerprint density at radius 1 is 1.25 bits per heavy atom. The molecule has 0 spiro atoms. The van der Waals surface area contributed by atoms with Gasteiger partial charge in [0.25, 0.3) is 0 Å². The fourth-order valence-corrected chi connectivity index (χ4v) is 3.94. The molecule has 2 nitrogen and oxygen atoms in total. The molecule has 0 bridgehead atoms. The molecular formula is C17H27NOS. The summed E-state index contributed by atoms with van der Waals surface area (Å²) in [7, 11) is 1.74. The van der Waals surface area contributed by atoms with Crippen molar-refractivity contribution in [3.8, 4) is 0 Å². The van der Waals surface area contributed by atoms with Crippen molar-refractivity contribution in [3.63, 3.8) is 0 Å². The van der Waals surface area contributed by atoms with Gasteiger partial charge in [0.1, 0.15) is 0 Å². The van der Waals surface area contributed by atoms with Gasteiger partial charge in [-0.05, 0) is 49.3 Å². The van der Waals surface area contributed by atoms with E-state index in [9.17, 15) is 0 Å². The van der Waals surface area contributed by atoms with Crippen LogP contribution in [0.15, 0.2) is 29.2 Å². The van der Waals surface area contributed by atoms with Crippen LogP contribution in [0, 0.1) is 5.92 Å². The van der Waals surface area contributed by atoms with Crippen LogP contribution in [0.25, 0.3) is 0 Å². The number of rotatable bonds is 7. The van der Waals surface area contributed by atoms with Crippen molar-refractivity contribution in [2.45, 2.75) is 49.3 Å². The third-order valence-corrected chi connectivity index (χ3v) is 5.31. The summed E-state index contributed by atoms with van der Waals surface area (Å²) in [6.45, 7) is 5.00. The summed E-state index contributed by atoms with van der Waals surface area (Å²) in [5.74, 6) is 0.933. The van der Waals surface area contributed by atoms with Crippen LogP contribution in [0.1, 0.15) is 38.2 Å². The SMILES string of the molecule is COCCNCc1cccc(SC2CCC(C)CC2)c1. The zero-order valence-electron chi connectivity index (χ0n) is 12.7. The Morgan fingerprint density at radius 2 is 2.05 bits per heavy atom. The molecule has 2 rings (SSSR count). The third-order valence-electron chi connectivity index (χ3n) is 3.98. The van der Waals surface area contributed by atoms with Gasteiger partial charge in [-0.15, -0.1) is 11.8 Å². The number of ether oxygens (including phenoxy) is 1. The van der Waals surface area contributed by atoms with E-state index in [1.165, 1.54) is 36.1 Å². The topological polar surface area (TPSA) is 21.3 Å². The van der Waals surface area contributed by atoms with Crippen LogP contribution < -0.4 is 5.32 Å². The molecule has 0 saturated heterocycles. The first kappa shape index (κ1) is 15.9. The van der Waals surface area contributed by atoms with Gasteiger partial charge < -0.3 is 10.1 Å². The lowest BCUT2D eigenvalue weighted by Gasteiger charge is -2.25. The first-order valence-corrected chi connectivity index (χ1v) is 8.61. The van der Waals surface area contributed by atoms with E-state index >= 15 is 0 Å². The molecule has 1 aromatic carbocycles. The van der Waals surface area contributed by atoms with Crippen LogP contribution in [0.4, 0.5) is 0 Å². The molecular weight excluding hydrogens is 266 g/mol. The highest BCUT2D eigenvalue weighted by molar-refractivity contribution is 8.00. The molecule has 1 saturated carbocycles. The van der Waals surface area contributed by atoms with Gasteiger partial charge in [0.2, 0.25) is 0 Å². The first-order valence-electron chi connectivity index (χ1n) is 7.73. The minimum atomic E-state index is 0.773. The minimum absolute atomic E-state index is 0.773. The van der Waals surface area contributed by atoms with Crippen molar-refractivity contribution in [2.75, 3.05) is 20.3 Å². The molecule has 112 valence electrons. The molecule has 0 aromatic heterocycles. The molecule has 20 heavy (non-hydrogen) atoms. The van der Waals surface area contributed by atoms with E-state index in [0.29, 0.717) is 0 Å². The van der Waals surface area contributed by atoms with Crippen LogP contribution in [0.5, 0.6) is 0 Å².